The number of nitrogens with zero attached hydrogens (tertiary/aromatic N) is 1. The van der Waals surface area contributed by atoms with Gasteiger partial charge in [-0.05, 0) is 45.2 Å². The summed E-state index contributed by atoms with van der Waals surface area (Å²) >= 11 is 0. The Morgan fingerprint density at radius 1 is 1.31 bits per heavy atom. The Morgan fingerprint density at radius 3 is 2.94 bits per heavy atom. The molecule has 2 aliphatic heterocycles. The lowest BCUT2D eigenvalue weighted by molar-refractivity contribution is -0.134. The maximum atomic E-state index is 12.2. The van der Waals surface area contributed by atoms with Gasteiger partial charge in [-0.1, -0.05) is 12.8 Å². The van der Waals surface area contributed by atoms with Crippen LogP contribution in [0.4, 0.5) is 0 Å². The Balaban J connectivity index is 1.85. The zero-order valence-corrected chi connectivity index (χ0v) is 10.4. The summed E-state index contributed by atoms with van der Waals surface area (Å²) in [5, 5.41) is 3.33. The third-order valence-electron chi connectivity index (χ3n) is 4.00. The molecule has 2 rings (SSSR count). The van der Waals surface area contributed by atoms with Crippen molar-refractivity contribution in [1.82, 2.24) is 10.2 Å². The molecule has 3 heteroatoms. The summed E-state index contributed by atoms with van der Waals surface area (Å²) in [6.45, 7) is 5.32. The largest absolute Gasteiger partial charge is 0.340 e. The Morgan fingerprint density at radius 2 is 2.19 bits per heavy atom. The van der Waals surface area contributed by atoms with Gasteiger partial charge in [-0.25, -0.2) is 0 Å². The van der Waals surface area contributed by atoms with Gasteiger partial charge in [0.25, 0.3) is 0 Å². The molecule has 2 atom stereocenters. The van der Waals surface area contributed by atoms with Gasteiger partial charge in [-0.2, -0.15) is 0 Å². The molecule has 0 bridgehead atoms. The summed E-state index contributed by atoms with van der Waals surface area (Å²) in [6.07, 6.45) is 6.90. The number of carbonyl (C=O) groups is 1. The number of amides is 1. The molecule has 1 N–H and O–H groups in total. The third kappa shape index (κ3) is 2.97. The van der Waals surface area contributed by atoms with E-state index in [1.54, 1.807) is 0 Å². The summed E-state index contributed by atoms with van der Waals surface area (Å²) < 4.78 is 0. The lowest BCUT2D eigenvalue weighted by Gasteiger charge is -2.28. The quantitative estimate of drug-likeness (QED) is 0.775. The molecule has 1 amide bonds. The Kier molecular flexibility index (Phi) is 4.22. The zero-order chi connectivity index (χ0) is 11.4. The fraction of sp³-hybridized carbons (Fsp3) is 0.923. The van der Waals surface area contributed by atoms with Gasteiger partial charge in [0.2, 0.25) is 5.91 Å². The van der Waals surface area contributed by atoms with E-state index in [-0.39, 0.29) is 0 Å². The fourth-order valence-electron chi connectivity index (χ4n) is 2.90. The van der Waals surface area contributed by atoms with E-state index in [0.717, 1.165) is 26.1 Å². The van der Waals surface area contributed by atoms with Gasteiger partial charge in [0.15, 0.2) is 0 Å². The molecule has 2 saturated heterocycles. The summed E-state index contributed by atoms with van der Waals surface area (Å²) in [6, 6.07) is 0.462. The molecule has 0 aromatic rings. The average molecular weight is 224 g/mol. The molecule has 2 unspecified atom stereocenters. The number of nitrogens with one attached hydrogen (secondary N) is 1. The van der Waals surface area contributed by atoms with Crippen LogP contribution in [0.5, 0.6) is 0 Å². The van der Waals surface area contributed by atoms with Gasteiger partial charge >= 0.3 is 0 Å². The number of hydrogen-bond acceptors (Lipinski definition) is 2. The van der Waals surface area contributed by atoms with E-state index < -0.39 is 0 Å². The average Bonchev–Trinajstić information content (AvgIpc) is 2.66. The van der Waals surface area contributed by atoms with Crippen molar-refractivity contribution in [1.29, 1.82) is 0 Å². The molecule has 0 aromatic heterocycles. The van der Waals surface area contributed by atoms with Gasteiger partial charge in [-0.3, -0.25) is 4.79 Å². The van der Waals surface area contributed by atoms with Crippen molar-refractivity contribution in [2.75, 3.05) is 19.6 Å². The molecular formula is C13H24N2O. The highest BCUT2D eigenvalue weighted by Gasteiger charge is 2.25. The van der Waals surface area contributed by atoms with Crippen LogP contribution in [0.3, 0.4) is 0 Å². The molecule has 0 saturated carbocycles. The van der Waals surface area contributed by atoms with E-state index in [2.05, 4.69) is 17.1 Å². The predicted octanol–water partition coefficient (Wildman–Crippen LogP) is 1.78. The van der Waals surface area contributed by atoms with Gasteiger partial charge in [0, 0.05) is 19.0 Å². The van der Waals surface area contributed by atoms with E-state index in [4.69, 9.17) is 0 Å². The van der Waals surface area contributed by atoms with E-state index in [1.807, 2.05) is 0 Å². The topological polar surface area (TPSA) is 32.3 Å². The molecule has 0 aliphatic carbocycles. The lowest BCUT2D eigenvalue weighted by Crippen LogP contribution is -2.39. The van der Waals surface area contributed by atoms with Gasteiger partial charge < -0.3 is 10.2 Å². The predicted molar refractivity (Wildman–Crippen MR) is 65.2 cm³/mol. The van der Waals surface area contributed by atoms with Crippen molar-refractivity contribution >= 4 is 5.91 Å². The SMILES string of the molecule is CC1CCCCCN1C(=O)CC1CCNC1. The highest BCUT2D eigenvalue weighted by molar-refractivity contribution is 5.76. The van der Waals surface area contributed by atoms with E-state index in [1.165, 1.54) is 32.1 Å². The van der Waals surface area contributed by atoms with Gasteiger partial charge in [-0.15, -0.1) is 0 Å². The van der Waals surface area contributed by atoms with Crippen molar-refractivity contribution in [3.63, 3.8) is 0 Å². The molecule has 0 radical (unpaired) electrons. The molecule has 2 heterocycles. The summed E-state index contributed by atoms with van der Waals surface area (Å²) in [7, 11) is 0. The Labute approximate surface area is 98.6 Å². The van der Waals surface area contributed by atoms with Crippen LogP contribution in [-0.4, -0.2) is 36.5 Å². The van der Waals surface area contributed by atoms with Crippen LogP contribution in [0.1, 0.15) is 45.4 Å². The highest BCUT2D eigenvalue weighted by atomic mass is 16.2. The van der Waals surface area contributed by atoms with Crippen molar-refractivity contribution in [3.8, 4) is 0 Å². The second-order valence-electron chi connectivity index (χ2n) is 5.35. The molecule has 0 aromatic carbocycles. The second kappa shape index (κ2) is 5.67. The second-order valence-corrected chi connectivity index (χ2v) is 5.35. The van der Waals surface area contributed by atoms with Crippen LogP contribution in [0, 0.1) is 5.92 Å². The van der Waals surface area contributed by atoms with Crippen molar-refractivity contribution in [2.24, 2.45) is 5.92 Å². The monoisotopic (exact) mass is 224 g/mol. The molecule has 16 heavy (non-hydrogen) atoms. The first-order chi connectivity index (χ1) is 7.77. The van der Waals surface area contributed by atoms with Gasteiger partial charge in [0.1, 0.15) is 0 Å². The molecule has 2 fully saturated rings. The first-order valence-electron chi connectivity index (χ1n) is 6.77. The minimum Gasteiger partial charge on any atom is -0.340 e. The van der Waals surface area contributed by atoms with E-state index in [9.17, 15) is 4.79 Å². The molecule has 92 valence electrons. The first-order valence-corrected chi connectivity index (χ1v) is 6.77. The number of rotatable bonds is 2. The van der Waals surface area contributed by atoms with Gasteiger partial charge in [0.05, 0.1) is 0 Å². The van der Waals surface area contributed by atoms with Crippen LogP contribution >= 0.6 is 0 Å². The van der Waals surface area contributed by atoms with E-state index >= 15 is 0 Å². The van der Waals surface area contributed by atoms with Crippen LogP contribution in [0.15, 0.2) is 0 Å². The summed E-state index contributed by atoms with van der Waals surface area (Å²) in [5.74, 6) is 0.978. The number of hydrogen-bond donors (Lipinski definition) is 1. The molecule has 2 aliphatic rings. The Hall–Kier alpha value is -0.570. The first kappa shape index (κ1) is 11.9. The lowest BCUT2D eigenvalue weighted by atomic mass is 10.0. The minimum atomic E-state index is 0.392. The summed E-state index contributed by atoms with van der Waals surface area (Å²) in [4.78, 5) is 14.3. The Bertz CT molecular complexity index is 236. The summed E-state index contributed by atoms with van der Waals surface area (Å²) in [5.41, 5.74) is 0. The van der Waals surface area contributed by atoms with Crippen LogP contribution < -0.4 is 5.32 Å². The fourth-order valence-corrected chi connectivity index (χ4v) is 2.90. The van der Waals surface area contributed by atoms with Crippen molar-refractivity contribution in [2.45, 2.75) is 51.5 Å². The maximum Gasteiger partial charge on any atom is 0.223 e. The molecule has 3 nitrogen and oxygen atoms in total. The highest BCUT2D eigenvalue weighted by Crippen LogP contribution is 2.20. The smallest absolute Gasteiger partial charge is 0.223 e. The third-order valence-corrected chi connectivity index (χ3v) is 4.00. The zero-order valence-electron chi connectivity index (χ0n) is 10.4. The normalized spacial score (nSPS) is 31.4. The maximum absolute atomic E-state index is 12.2. The number of likely N-dealkylation sites (tertiary alicyclic amines) is 1. The molecule has 0 spiro atoms. The van der Waals surface area contributed by atoms with Crippen molar-refractivity contribution in [3.05, 3.63) is 0 Å². The van der Waals surface area contributed by atoms with Crippen LogP contribution in [0.25, 0.3) is 0 Å². The minimum absolute atomic E-state index is 0.392. The van der Waals surface area contributed by atoms with E-state index in [0.29, 0.717) is 17.9 Å². The van der Waals surface area contributed by atoms with Crippen LogP contribution in [0.2, 0.25) is 0 Å². The van der Waals surface area contributed by atoms with Crippen molar-refractivity contribution < 1.29 is 4.79 Å². The standard InChI is InChI=1S/C13H24N2O/c1-11-5-3-2-4-8-15(11)13(16)9-12-6-7-14-10-12/h11-12,14H,2-10H2,1H3. The van der Waals surface area contributed by atoms with Crippen LogP contribution in [-0.2, 0) is 4.79 Å². The number of carbonyl (C=O) groups excluding carboxylic acids is 1. The molecular weight excluding hydrogens is 200 g/mol.